The fourth-order valence-electron chi connectivity index (χ4n) is 2.49. The maximum absolute atomic E-state index is 11.9. The molecule has 0 aromatic carbocycles. The smallest absolute Gasteiger partial charge is 0.411 e. The molecule has 2 unspecified atom stereocenters. The second kappa shape index (κ2) is 8.95. The molecule has 2 atom stereocenters. The monoisotopic (exact) mass is 339 g/mol. The Morgan fingerprint density at radius 2 is 2.09 bits per heavy atom. The summed E-state index contributed by atoms with van der Waals surface area (Å²) in [4.78, 5) is 17.8. The van der Waals surface area contributed by atoms with Crippen molar-refractivity contribution in [3.05, 3.63) is 0 Å². The number of hydrogen-bond acceptors (Lipinski definition) is 4. The summed E-state index contributed by atoms with van der Waals surface area (Å²) >= 11 is 0. The Kier molecular flexibility index (Phi) is 7.60. The first kappa shape index (κ1) is 19.5. The van der Waals surface area contributed by atoms with Gasteiger partial charge in [0.05, 0.1) is 13.0 Å². The molecule has 23 heavy (non-hydrogen) atoms. The number of ether oxygens (including phenoxy) is 2. The highest BCUT2D eigenvalue weighted by molar-refractivity contribution is 5.82. The number of likely N-dealkylation sites (tertiary alicyclic amines) is 1. The molecule has 1 fully saturated rings. The molecule has 0 bridgehead atoms. The van der Waals surface area contributed by atoms with Crippen LogP contribution in [-0.4, -0.2) is 70.0 Å². The van der Waals surface area contributed by atoms with Crippen LogP contribution in [0.5, 0.6) is 0 Å². The Hall–Kier alpha value is -1.51. The molecule has 0 saturated carbocycles. The lowest BCUT2D eigenvalue weighted by molar-refractivity contribution is -0.173. The van der Waals surface area contributed by atoms with Gasteiger partial charge in [-0.05, 0) is 12.3 Å². The molecule has 6 nitrogen and oxygen atoms in total. The van der Waals surface area contributed by atoms with Gasteiger partial charge in [-0.1, -0.05) is 6.92 Å². The van der Waals surface area contributed by atoms with E-state index in [1.807, 2.05) is 11.8 Å². The first-order valence-corrected chi connectivity index (χ1v) is 7.46. The molecule has 0 radical (unpaired) electrons. The SMILES string of the molecule is CN=C(NCCCOCC(F)(F)F)N1CC(C)C(C(=O)OC)C1. The van der Waals surface area contributed by atoms with Crippen LogP contribution in [0.15, 0.2) is 4.99 Å². The van der Waals surface area contributed by atoms with Gasteiger partial charge in [-0.3, -0.25) is 9.79 Å². The second-order valence-electron chi connectivity index (χ2n) is 5.51. The number of rotatable bonds is 6. The van der Waals surface area contributed by atoms with E-state index in [1.54, 1.807) is 7.05 Å². The summed E-state index contributed by atoms with van der Waals surface area (Å²) in [5.41, 5.74) is 0. The van der Waals surface area contributed by atoms with Crippen molar-refractivity contribution < 1.29 is 27.4 Å². The predicted molar refractivity (Wildman–Crippen MR) is 79.1 cm³/mol. The van der Waals surface area contributed by atoms with Gasteiger partial charge in [0.2, 0.25) is 0 Å². The number of aliphatic imine (C=N–C) groups is 1. The van der Waals surface area contributed by atoms with Gasteiger partial charge in [-0.2, -0.15) is 13.2 Å². The van der Waals surface area contributed by atoms with Crippen LogP contribution < -0.4 is 5.32 Å². The third-order valence-electron chi connectivity index (χ3n) is 3.64. The number of guanidine groups is 1. The predicted octanol–water partition coefficient (Wildman–Crippen LogP) is 1.27. The standard InChI is InChI=1S/C14H24F3N3O3/c1-10-7-20(8-11(10)12(21)22-3)13(18-2)19-5-4-6-23-9-14(15,16)17/h10-11H,4-9H2,1-3H3,(H,18,19). The summed E-state index contributed by atoms with van der Waals surface area (Å²) in [6.45, 7) is 2.39. The van der Waals surface area contributed by atoms with Gasteiger partial charge < -0.3 is 19.7 Å². The maximum atomic E-state index is 11.9. The molecule has 1 aliphatic heterocycles. The van der Waals surface area contributed by atoms with E-state index in [4.69, 9.17) is 4.74 Å². The van der Waals surface area contributed by atoms with Gasteiger partial charge in [-0.25, -0.2) is 0 Å². The van der Waals surface area contributed by atoms with Crippen LogP contribution in [0, 0.1) is 11.8 Å². The summed E-state index contributed by atoms with van der Waals surface area (Å²) < 4.78 is 45.1. The number of carbonyl (C=O) groups excluding carboxylic acids is 1. The minimum Gasteiger partial charge on any atom is -0.469 e. The van der Waals surface area contributed by atoms with Crippen molar-refractivity contribution in [3.63, 3.8) is 0 Å². The lowest BCUT2D eigenvalue weighted by Crippen LogP contribution is -2.41. The van der Waals surface area contributed by atoms with Crippen molar-refractivity contribution in [1.29, 1.82) is 0 Å². The van der Waals surface area contributed by atoms with Crippen LogP contribution >= 0.6 is 0 Å². The summed E-state index contributed by atoms with van der Waals surface area (Å²) in [5, 5.41) is 3.07. The molecule has 9 heteroatoms. The van der Waals surface area contributed by atoms with E-state index in [-0.39, 0.29) is 24.4 Å². The quantitative estimate of drug-likeness (QED) is 0.342. The highest BCUT2D eigenvalue weighted by atomic mass is 19.4. The Morgan fingerprint density at radius 1 is 1.39 bits per heavy atom. The lowest BCUT2D eigenvalue weighted by atomic mass is 9.99. The number of nitrogens with one attached hydrogen (secondary N) is 1. The van der Waals surface area contributed by atoms with E-state index in [9.17, 15) is 18.0 Å². The molecular formula is C14H24F3N3O3. The van der Waals surface area contributed by atoms with Crippen LogP contribution in [-0.2, 0) is 14.3 Å². The van der Waals surface area contributed by atoms with Gasteiger partial charge in [0.25, 0.3) is 0 Å². The molecule has 0 aliphatic carbocycles. The van der Waals surface area contributed by atoms with Crippen molar-refractivity contribution in [2.24, 2.45) is 16.8 Å². The van der Waals surface area contributed by atoms with Crippen molar-refractivity contribution >= 4 is 11.9 Å². The number of nitrogens with zero attached hydrogens (tertiary/aromatic N) is 2. The van der Waals surface area contributed by atoms with E-state index < -0.39 is 12.8 Å². The second-order valence-corrected chi connectivity index (χ2v) is 5.51. The summed E-state index contributed by atoms with van der Waals surface area (Å²) in [6.07, 6.45) is -3.86. The van der Waals surface area contributed by atoms with Crippen molar-refractivity contribution in [3.8, 4) is 0 Å². The van der Waals surface area contributed by atoms with Crippen LogP contribution in [0.2, 0.25) is 0 Å². The molecule has 0 aromatic rings. The Balaban J connectivity index is 2.31. The number of halogens is 3. The van der Waals surface area contributed by atoms with Gasteiger partial charge in [0.1, 0.15) is 6.61 Å². The van der Waals surface area contributed by atoms with Gasteiger partial charge >= 0.3 is 12.1 Å². The molecule has 1 heterocycles. The van der Waals surface area contributed by atoms with Crippen molar-refractivity contribution in [2.75, 3.05) is 47.0 Å². The maximum Gasteiger partial charge on any atom is 0.411 e. The van der Waals surface area contributed by atoms with Gasteiger partial charge in [-0.15, -0.1) is 0 Å². The molecule has 0 aromatic heterocycles. The van der Waals surface area contributed by atoms with E-state index in [0.29, 0.717) is 32.0 Å². The van der Waals surface area contributed by atoms with Crippen LogP contribution in [0.4, 0.5) is 13.2 Å². The Bertz CT molecular complexity index is 416. The molecular weight excluding hydrogens is 315 g/mol. The first-order chi connectivity index (χ1) is 10.8. The zero-order valence-corrected chi connectivity index (χ0v) is 13.7. The van der Waals surface area contributed by atoms with Crippen molar-refractivity contribution in [1.82, 2.24) is 10.2 Å². The molecule has 0 amide bonds. The first-order valence-electron chi connectivity index (χ1n) is 7.46. The highest BCUT2D eigenvalue weighted by Gasteiger charge is 2.36. The van der Waals surface area contributed by atoms with Crippen molar-refractivity contribution in [2.45, 2.75) is 19.5 Å². The summed E-state index contributed by atoms with van der Waals surface area (Å²) in [6, 6.07) is 0. The van der Waals surface area contributed by atoms with Gasteiger partial charge in [0.15, 0.2) is 5.96 Å². The summed E-state index contributed by atoms with van der Waals surface area (Å²) in [5.74, 6) is 0.333. The number of alkyl halides is 3. The Labute approximate surface area is 134 Å². The number of methoxy groups -OCH3 is 1. The minimum atomic E-state index is -4.29. The fourth-order valence-corrected chi connectivity index (χ4v) is 2.49. The summed E-state index contributed by atoms with van der Waals surface area (Å²) in [7, 11) is 2.99. The van der Waals surface area contributed by atoms with E-state index in [0.717, 1.165) is 0 Å². The average molecular weight is 339 g/mol. The highest BCUT2D eigenvalue weighted by Crippen LogP contribution is 2.24. The fraction of sp³-hybridized carbons (Fsp3) is 0.857. The number of esters is 1. The normalized spacial score (nSPS) is 22.3. The third kappa shape index (κ3) is 6.64. The third-order valence-corrected chi connectivity index (χ3v) is 3.64. The van der Waals surface area contributed by atoms with Crippen LogP contribution in [0.1, 0.15) is 13.3 Å². The zero-order chi connectivity index (χ0) is 17.5. The number of hydrogen-bond donors (Lipinski definition) is 1. The molecule has 1 N–H and O–H groups in total. The van der Waals surface area contributed by atoms with Crippen LogP contribution in [0.25, 0.3) is 0 Å². The van der Waals surface area contributed by atoms with E-state index in [2.05, 4.69) is 15.0 Å². The molecule has 0 spiro atoms. The van der Waals surface area contributed by atoms with E-state index >= 15 is 0 Å². The molecule has 134 valence electrons. The molecule has 1 aliphatic rings. The lowest BCUT2D eigenvalue weighted by Gasteiger charge is -2.21. The van der Waals surface area contributed by atoms with Crippen LogP contribution in [0.3, 0.4) is 0 Å². The zero-order valence-electron chi connectivity index (χ0n) is 13.7. The van der Waals surface area contributed by atoms with E-state index in [1.165, 1.54) is 7.11 Å². The van der Waals surface area contributed by atoms with Gasteiger partial charge in [0, 0.05) is 33.3 Å². The average Bonchev–Trinajstić information content (AvgIpc) is 2.86. The number of carbonyl (C=O) groups is 1. The largest absolute Gasteiger partial charge is 0.469 e. The molecule has 1 rings (SSSR count). The minimum absolute atomic E-state index is 0.0185. The Morgan fingerprint density at radius 3 is 2.65 bits per heavy atom. The topological polar surface area (TPSA) is 63.2 Å². The molecule has 1 saturated heterocycles.